The molecule has 0 unspecified atom stereocenters. The molecular weight excluding hydrogens is 306 g/mol. The van der Waals surface area contributed by atoms with Gasteiger partial charge in [-0.25, -0.2) is 0 Å². The SMILES string of the molecule is CCCC[N+](CC)(CC)CCOC(=O)[C@H]1[C@@H]2C[C@@H]3[C@@H]1C(=O)O[C@@H]3C2. The summed E-state index contributed by atoms with van der Waals surface area (Å²) in [4.78, 5) is 24.6. The van der Waals surface area contributed by atoms with E-state index in [-0.39, 0.29) is 35.8 Å². The molecule has 136 valence electrons. The normalized spacial score (nSPS) is 33.8. The number of carbonyl (C=O) groups excluding carboxylic acids is 2. The first kappa shape index (κ1) is 17.7. The van der Waals surface area contributed by atoms with E-state index >= 15 is 0 Å². The fraction of sp³-hybridized carbons (Fsp3) is 0.895. The predicted molar refractivity (Wildman–Crippen MR) is 90.0 cm³/mol. The smallest absolute Gasteiger partial charge is 0.310 e. The summed E-state index contributed by atoms with van der Waals surface area (Å²) in [5.74, 6) is -0.237. The van der Waals surface area contributed by atoms with Crippen molar-refractivity contribution in [2.24, 2.45) is 23.7 Å². The third-order valence-corrected chi connectivity index (χ3v) is 6.89. The molecule has 2 aliphatic carbocycles. The number of esters is 2. The maximum absolute atomic E-state index is 12.6. The Kier molecular flexibility index (Phi) is 5.19. The molecule has 1 heterocycles. The highest BCUT2D eigenvalue weighted by Gasteiger charge is 2.64. The van der Waals surface area contributed by atoms with Crippen LogP contribution in [0.5, 0.6) is 0 Å². The highest BCUT2D eigenvalue weighted by Crippen LogP contribution is 2.57. The highest BCUT2D eigenvalue weighted by atomic mass is 16.6. The lowest BCUT2D eigenvalue weighted by Gasteiger charge is -2.37. The minimum Gasteiger partial charge on any atom is -0.462 e. The zero-order valence-electron chi connectivity index (χ0n) is 15.3. The van der Waals surface area contributed by atoms with Crippen molar-refractivity contribution < 1.29 is 23.5 Å². The van der Waals surface area contributed by atoms with Crippen LogP contribution in [0.3, 0.4) is 0 Å². The number of nitrogens with zero attached hydrogens (tertiary/aromatic N) is 1. The summed E-state index contributed by atoms with van der Waals surface area (Å²) in [5.41, 5.74) is 0. The highest BCUT2D eigenvalue weighted by molar-refractivity contribution is 5.85. The summed E-state index contributed by atoms with van der Waals surface area (Å²) in [6.07, 6.45) is 4.29. The van der Waals surface area contributed by atoms with E-state index in [1.54, 1.807) is 0 Å². The molecule has 0 aromatic rings. The van der Waals surface area contributed by atoms with Crippen LogP contribution in [-0.4, -0.2) is 55.3 Å². The third kappa shape index (κ3) is 2.96. The van der Waals surface area contributed by atoms with Gasteiger partial charge in [0.05, 0.1) is 31.5 Å². The van der Waals surface area contributed by atoms with Crippen molar-refractivity contribution in [2.45, 2.75) is 52.6 Å². The number of hydrogen-bond donors (Lipinski definition) is 0. The van der Waals surface area contributed by atoms with E-state index in [0.717, 1.165) is 43.5 Å². The lowest BCUT2D eigenvalue weighted by molar-refractivity contribution is -0.925. The number of hydrogen-bond acceptors (Lipinski definition) is 4. The van der Waals surface area contributed by atoms with Gasteiger partial charge in [-0.2, -0.15) is 0 Å². The molecule has 3 aliphatic rings. The Hall–Kier alpha value is -1.10. The maximum atomic E-state index is 12.6. The first-order chi connectivity index (χ1) is 11.5. The summed E-state index contributed by atoms with van der Waals surface area (Å²) in [5, 5.41) is 0. The van der Waals surface area contributed by atoms with Crippen LogP contribution < -0.4 is 0 Å². The summed E-state index contributed by atoms with van der Waals surface area (Å²) < 4.78 is 12.1. The van der Waals surface area contributed by atoms with Gasteiger partial charge >= 0.3 is 11.9 Å². The van der Waals surface area contributed by atoms with Gasteiger partial charge in [0.25, 0.3) is 0 Å². The van der Waals surface area contributed by atoms with Crippen LogP contribution in [0.4, 0.5) is 0 Å². The van der Waals surface area contributed by atoms with Crippen LogP contribution >= 0.6 is 0 Å². The monoisotopic (exact) mass is 338 g/mol. The van der Waals surface area contributed by atoms with Crippen LogP contribution in [0.1, 0.15) is 46.5 Å². The molecule has 3 fully saturated rings. The maximum Gasteiger partial charge on any atom is 0.310 e. The minimum atomic E-state index is -0.248. The van der Waals surface area contributed by atoms with E-state index in [4.69, 9.17) is 9.47 Å². The quantitative estimate of drug-likeness (QED) is 0.478. The predicted octanol–water partition coefficient (Wildman–Crippen LogP) is 2.38. The molecule has 0 radical (unpaired) electrons. The fourth-order valence-corrected chi connectivity index (χ4v) is 5.22. The van der Waals surface area contributed by atoms with Gasteiger partial charge in [-0.3, -0.25) is 9.59 Å². The fourth-order valence-electron chi connectivity index (χ4n) is 5.22. The summed E-state index contributed by atoms with van der Waals surface area (Å²) in [6.45, 7) is 11.3. The van der Waals surface area contributed by atoms with Crippen LogP contribution in [0.2, 0.25) is 0 Å². The molecule has 3 rings (SSSR count). The van der Waals surface area contributed by atoms with Crippen LogP contribution in [0, 0.1) is 23.7 Å². The molecule has 24 heavy (non-hydrogen) atoms. The van der Waals surface area contributed by atoms with E-state index in [1.807, 2.05) is 0 Å². The molecular formula is C19H32NO4+. The number of rotatable bonds is 9. The van der Waals surface area contributed by atoms with Gasteiger partial charge in [-0.15, -0.1) is 0 Å². The molecule has 0 spiro atoms. The first-order valence-corrected chi connectivity index (χ1v) is 9.77. The zero-order valence-corrected chi connectivity index (χ0v) is 15.3. The number of fused-ring (bicyclic) bond motifs is 1. The summed E-state index contributed by atoms with van der Waals surface area (Å²) >= 11 is 0. The van der Waals surface area contributed by atoms with Gasteiger partial charge in [-0.05, 0) is 39.0 Å². The standard InChI is InChI=1S/C19H32NO4/c1-4-7-8-20(5-2,6-3)9-10-23-18(21)16-13-11-14-15(12-13)24-19(22)17(14)16/h13-17H,4-12H2,1-3H3/q+1/t13-,14+,15-,16+,17+/m1/s1. The van der Waals surface area contributed by atoms with Crippen molar-refractivity contribution in [3.05, 3.63) is 0 Å². The Morgan fingerprint density at radius 2 is 1.96 bits per heavy atom. The largest absolute Gasteiger partial charge is 0.462 e. The summed E-state index contributed by atoms with van der Waals surface area (Å²) in [7, 11) is 0. The third-order valence-electron chi connectivity index (χ3n) is 6.89. The number of likely N-dealkylation sites (N-methyl/N-ethyl adjacent to an activating group) is 1. The van der Waals surface area contributed by atoms with E-state index < -0.39 is 0 Å². The van der Waals surface area contributed by atoms with Crippen molar-refractivity contribution in [3.63, 3.8) is 0 Å². The number of unbranched alkanes of at least 4 members (excludes halogenated alkanes) is 1. The second-order valence-corrected chi connectivity index (χ2v) is 7.86. The second-order valence-electron chi connectivity index (χ2n) is 7.86. The Morgan fingerprint density at radius 3 is 2.62 bits per heavy atom. The molecule has 5 nitrogen and oxygen atoms in total. The molecule has 0 N–H and O–H groups in total. The first-order valence-electron chi connectivity index (χ1n) is 9.77. The number of quaternary nitrogens is 1. The van der Waals surface area contributed by atoms with E-state index in [9.17, 15) is 9.59 Å². The van der Waals surface area contributed by atoms with E-state index in [1.165, 1.54) is 12.8 Å². The van der Waals surface area contributed by atoms with Crippen LogP contribution in [-0.2, 0) is 19.1 Å². The van der Waals surface area contributed by atoms with Gasteiger partial charge in [0.1, 0.15) is 19.3 Å². The molecule has 0 aromatic carbocycles. The Labute approximate surface area is 145 Å². The summed E-state index contributed by atoms with van der Waals surface area (Å²) in [6, 6.07) is 0. The second kappa shape index (κ2) is 7.03. The Morgan fingerprint density at radius 1 is 1.21 bits per heavy atom. The molecule has 1 saturated heterocycles. The van der Waals surface area contributed by atoms with Crippen molar-refractivity contribution in [1.29, 1.82) is 0 Å². The van der Waals surface area contributed by atoms with Crippen molar-refractivity contribution in [3.8, 4) is 0 Å². The number of ether oxygens (including phenoxy) is 2. The van der Waals surface area contributed by atoms with Crippen molar-refractivity contribution in [2.75, 3.05) is 32.8 Å². The molecule has 0 aromatic heterocycles. The Bertz CT molecular complexity index is 486. The minimum absolute atomic E-state index is 0.0788. The van der Waals surface area contributed by atoms with Gasteiger partial charge in [0.2, 0.25) is 0 Å². The molecule has 2 saturated carbocycles. The van der Waals surface area contributed by atoms with E-state index in [0.29, 0.717) is 12.5 Å². The zero-order chi connectivity index (χ0) is 17.3. The molecule has 2 bridgehead atoms. The average Bonchev–Trinajstić information content (AvgIpc) is 3.20. The van der Waals surface area contributed by atoms with Crippen LogP contribution in [0.15, 0.2) is 0 Å². The molecule has 5 heteroatoms. The number of carbonyl (C=O) groups is 2. The molecule has 0 amide bonds. The Balaban J connectivity index is 1.53. The average molecular weight is 338 g/mol. The van der Waals surface area contributed by atoms with Gasteiger partial charge in [-0.1, -0.05) is 13.3 Å². The lowest BCUT2D eigenvalue weighted by atomic mass is 9.80. The van der Waals surface area contributed by atoms with Gasteiger partial charge in [0.15, 0.2) is 0 Å². The van der Waals surface area contributed by atoms with Gasteiger partial charge < -0.3 is 14.0 Å². The molecule has 5 atom stereocenters. The lowest BCUT2D eigenvalue weighted by Crippen LogP contribution is -2.50. The van der Waals surface area contributed by atoms with Crippen molar-refractivity contribution in [1.82, 2.24) is 0 Å². The van der Waals surface area contributed by atoms with E-state index in [2.05, 4.69) is 20.8 Å². The van der Waals surface area contributed by atoms with Crippen molar-refractivity contribution >= 4 is 11.9 Å². The molecule has 1 aliphatic heterocycles. The topological polar surface area (TPSA) is 52.6 Å². The van der Waals surface area contributed by atoms with Gasteiger partial charge in [0, 0.05) is 5.92 Å². The van der Waals surface area contributed by atoms with Crippen LogP contribution in [0.25, 0.3) is 0 Å².